The third-order valence-electron chi connectivity index (χ3n) is 2.44. The van der Waals surface area contributed by atoms with Crippen molar-refractivity contribution in [3.05, 3.63) is 0 Å². The fraction of sp³-hybridized carbons (Fsp3) is 0.727. The molecule has 0 bridgehead atoms. The van der Waals surface area contributed by atoms with E-state index in [9.17, 15) is 9.59 Å². The van der Waals surface area contributed by atoms with E-state index in [-0.39, 0.29) is 6.54 Å². The van der Waals surface area contributed by atoms with Crippen LogP contribution in [0.1, 0.15) is 27.2 Å². The Morgan fingerprint density at radius 2 is 2.06 bits per heavy atom. The first-order valence-electron chi connectivity index (χ1n) is 5.38. The maximum atomic E-state index is 11.8. The number of hydrogen-bond donors (Lipinski definition) is 1. The molecular weight excluding hydrogens is 224 g/mol. The molecule has 0 aromatic heterocycles. The van der Waals surface area contributed by atoms with Crippen molar-refractivity contribution < 1.29 is 19.4 Å². The van der Waals surface area contributed by atoms with Crippen LogP contribution < -0.4 is 0 Å². The van der Waals surface area contributed by atoms with Gasteiger partial charge >= 0.3 is 12.1 Å². The molecule has 0 unspecified atom stereocenters. The molecule has 6 nitrogen and oxygen atoms in total. The summed E-state index contributed by atoms with van der Waals surface area (Å²) in [5, 5.41) is 17.9. The summed E-state index contributed by atoms with van der Waals surface area (Å²) in [5.41, 5.74) is -0.676. The molecule has 1 rings (SSSR count). The molecule has 0 spiro atoms. The molecule has 2 atom stereocenters. The van der Waals surface area contributed by atoms with Crippen molar-refractivity contribution in [2.45, 2.75) is 38.8 Å². The van der Waals surface area contributed by atoms with E-state index >= 15 is 0 Å². The van der Waals surface area contributed by atoms with Gasteiger partial charge in [0.05, 0.1) is 12.0 Å². The van der Waals surface area contributed by atoms with E-state index in [0.29, 0.717) is 6.42 Å². The van der Waals surface area contributed by atoms with E-state index in [1.165, 1.54) is 0 Å². The van der Waals surface area contributed by atoms with Gasteiger partial charge in [-0.05, 0) is 27.2 Å². The second-order valence-electron chi connectivity index (χ2n) is 4.98. The molecule has 0 radical (unpaired) electrons. The number of carbonyl (C=O) groups excluding carboxylic acids is 1. The van der Waals surface area contributed by atoms with Crippen molar-refractivity contribution in [2.75, 3.05) is 6.54 Å². The number of nitrogens with zero attached hydrogens (tertiary/aromatic N) is 2. The molecule has 1 amide bonds. The number of carboxylic acid groups (broad SMARTS) is 1. The molecular formula is C11H16N2O4. The normalized spacial score (nSPS) is 24.2. The summed E-state index contributed by atoms with van der Waals surface area (Å²) < 4.78 is 5.11. The number of carboxylic acids is 1. The number of rotatable bonds is 1. The van der Waals surface area contributed by atoms with E-state index in [1.54, 1.807) is 20.8 Å². The van der Waals surface area contributed by atoms with Crippen molar-refractivity contribution in [3.63, 3.8) is 0 Å². The molecule has 0 aromatic carbocycles. The van der Waals surface area contributed by atoms with Gasteiger partial charge in [0, 0.05) is 6.54 Å². The van der Waals surface area contributed by atoms with Crippen molar-refractivity contribution in [1.29, 1.82) is 5.26 Å². The van der Waals surface area contributed by atoms with Gasteiger partial charge in [-0.3, -0.25) is 4.90 Å². The first-order chi connectivity index (χ1) is 7.76. The highest BCUT2D eigenvalue weighted by molar-refractivity contribution is 5.81. The lowest BCUT2D eigenvalue weighted by Gasteiger charge is -2.27. The number of nitriles is 1. The van der Waals surface area contributed by atoms with E-state index in [4.69, 9.17) is 15.1 Å². The SMILES string of the molecule is CC(C)(C)OC(=O)N1CC[C@@H](C#N)[C@H]1C(=O)O. The number of carbonyl (C=O) groups is 2. The van der Waals surface area contributed by atoms with E-state index in [1.807, 2.05) is 6.07 Å². The maximum Gasteiger partial charge on any atom is 0.411 e. The van der Waals surface area contributed by atoms with Crippen molar-refractivity contribution in [1.82, 2.24) is 4.90 Å². The van der Waals surface area contributed by atoms with Crippen LogP contribution in [0.25, 0.3) is 0 Å². The summed E-state index contributed by atoms with van der Waals surface area (Å²) in [7, 11) is 0. The highest BCUT2D eigenvalue weighted by Crippen LogP contribution is 2.26. The van der Waals surface area contributed by atoms with Gasteiger partial charge in [0.15, 0.2) is 0 Å². The summed E-state index contributed by atoms with van der Waals surface area (Å²) in [6.07, 6.45) is -0.310. The standard InChI is InChI=1S/C11H16N2O4/c1-11(2,3)17-10(16)13-5-4-7(6-12)8(13)9(14)15/h7-8H,4-5H2,1-3H3,(H,14,15)/t7-,8-/m0/s1. The zero-order valence-corrected chi connectivity index (χ0v) is 10.1. The average Bonchev–Trinajstić information content (AvgIpc) is 2.57. The van der Waals surface area contributed by atoms with E-state index in [2.05, 4.69) is 0 Å². The lowest BCUT2D eigenvalue weighted by Crippen LogP contribution is -2.45. The summed E-state index contributed by atoms with van der Waals surface area (Å²) in [6, 6.07) is 0.811. The molecule has 1 saturated heterocycles. The topological polar surface area (TPSA) is 90.6 Å². The first-order valence-corrected chi connectivity index (χ1v) is 5.38. The Morgan fingerprint density at radius 1 is 1.47 bits per heavy atom. The van der Waals surface area contributed by atoms with Gasteiger partial charge in [0.1, 0.15) is 11.6 Å². The Balaban J connectivity index is 2.81. The molecule has 94 valence electrons. The lowest BCUT2D eigenvalue weighted by atomic mass is 10.0. The zero-order chi connectivity index (χ0) is 13.2. The largest absolute Gasteiger partial charge is 0.480 e. The molecule has 1 N–H and O–H groups in total. The molecule has 0 aliphatic carbocycles. The fourth-order valence-electron chi connectivity index (χ4n) is 1.76. The maximum absolute atomic E-state index is 11.8. The predicted molar refractivity (Wildman–Crippen MR) is 58.1 cm³/mol. The van der Waals surface area contributed by atoms with Crippen molar-refractivity contribution in [3.8, 4) is 6.07 Å². The fourth-order valence-corrected chi connectivity index (χ4v) is 1.76. The number of likely N-dealkylation sites (tertiary alicyclic amines) is 1. The molecule has 0 aromatic rings. The molecule has 1 heterocycles. The average molecular weight is 240 g/mol. The number of aliphatic carboxylic acids is 1. The highest BCUT2D eigenvalue weighted by Gasteiger charge is 2.43. The smallest absolute Gasteiger partial charge is 0.411 e. The molecule has 1 fully saturated rings. The Morgan fingerprint density at radius 3 is 2.47 bits per heavy atom. The Kier molecular flexibility index (Phi) is 3.61. The van der Waals surface area contributed by atoms with Crippen LogP contribution in [-0.4, -0.2) is 40.3 Å². The predicted octanol–water partition coefficient (Wildman–Crippen LogP) is 1.22. The summed E-state index contributed by atoms with van der Waals surface area (Å²) in [6.45, 7) is 5.36. The van der Waals surface area contributed by atoms with Crippen molar-refractivity contribution >= 4 is 12.1 Å². The quantitative estimate of drug-likeness (QED) is 0.744. The van der Waals surface area contributed by atoms with Gasteiger partial charge in [-0.25, -0.2) is 9.59 Å². The molecule has 6 heteroatoms. The zero-order valence-electron chi connectivity index (χ0n) is 10.1. The minimum atomic E-state index is -1.17. The Hall–Kier alpha value is -1.77. The minimum Gasteiger partial charge on any atom is -0.480 e. The second-order valence-corrected chi connectivity index (χ2v) is 4.98. The summed E-state index contributed by atoms with van der Waals surface area (Å²) in [5.74, 6) is -1.83. The summed E-state index contributed by atoms with van der Waals surface area (Å²) >= 11 is 0. The van der Waals surface area contributed by atoms with E-state index < -0.39 is 29.6 Å². The van der Waals surface area contributed by atoms with Crippen LogP contribution >= 0.6 is 0 Å². The van der Waals surface area contributed by atoms with E-state index in [0.717, 1.165) is 4.90 Å². The van der Waals surface area contributed by atoms with Crippen LogP contribution in [0.2, 0.25) is 0 Å². The monoisotopic (exact) mass is 240 g/mol. The second kappa shape index (κ2) is 4.62. The highest BCUT2D eigenvalue weighted by atomic mass is 16.6. The molecule has 1 aliphatic heterocycles. The van der Waals surface area contributed by atoms with Crippen LogP contribution in [0.5, 0.6) is 0 Å². The molecule has 0 saturated carbocycles. The van der Waals surface area contributed by atoms with Crippen LogP contribution in [0, 0.1) is 17.2 Å². The third kappa shape index (κ3) is 3.09. The Labute approximate surface area is 99.8 Å². The van der Waals surface area contributed by atoms with Gasteiger partial charge < -0.3 is 9.84 Å². The number of hydrogen-bond acceptors (Lipinski definition) is 4. The van der Waals surface area contributed by atoms with Gasteiger partial charge in [-0.15, -0.1) is 0 Å². The van der Waals surface area contributed by atoms with Crippen LogP contribution in [0.15, 0.2) is 0 Å². The van der Waals surface area contributed by atoms with Crippen LogP contribution in [0.3, 0.4) is 0 Å². The Bertz CT molecular complexity index is 367. The van der Waals surface area contributed by atoms with Gasteiger partial charge in [-0.1, -0.05) is 0 Å². The van der Waals surface area contributed by atoms with Gasteiger partial charge in [0.2, 0.25) is 0 Å². The van der Waals surface area contributed by atoms with Crippen LogP contribution in [0.4, 0.5) is 4.79 Å². The summed E-state index contributed by atoms with van der Waals surface area (Å²) in [4.78, 5) is 23.9. The number of ether oxygens (including phenoxy) is 1. The molecule has 17 heavy (non-hydrogen) atoms. The van der Waals surface area contributed by atoms with Gasteiger partial charge in [-0.2, -0.15) is 5.26 Å². The van der Waals surface area contributed by atoms with Crippen molar-refractivity contribution in [2.24, 2.45) is 5.92 Å². The number of amides is 1. The lowest BCUT2D eigenvalue weighted by molar-refractivity contribution is -0.142. The molecule has 1 aliphatic rings. The van der Waals surface area contributed by atoms with Crippen LogP contribution in [-0.2, 0) is 9.53 Å². The minimum absolute atomic E-state index is 0.240. The third-order valence-corrected chi connectivity index (χ3v) is 2.44. The van der Waals surface area contributed by atoms with Gasteiger partial charge in [0.25, 0.3) is 0 Å². The first kappa shape index (κ1) is 13.3.